The molecule has 2 amide bonds. The summed E-state index contributed by atoms with van der Waals surface area (Å²) in [6, 6.07) is 6.57. The molecule has 2 heterocycles. The van der Waals surface area contributed by atoms with Gasteiger partial charge in [0.2, 0.25) is 13.9 Å². The first-order valence-electron chi connectivity index (χ1n) is 14.5. The highest BCUT2D eigenvalue weighted by Gasteiger charge is 2.41. The molecular weight excluding hydrogens is 597 g/mol. The number of aliphatic carboxylic acids is 3. The molecule has 0 saturated carbocycles. The lowest BCUT2D eigenvalue weighted by molar-refractivity contribution is -0.141. The number of nitrogens with zero attached hydrogens (tertiary/aromatic N) is 5. The van der Waals surface area contributed by atoms with Gasteiger partial charge in [-0.3, -0.25) is 53.0 Å². The minimum atomic E-state index is -1.39. The number of carboxylic acids is 3. The first-order valence-corrected chi connectivity index (χ1v) is 15.3. The SMILES string of the molecule is CCOC(CCCN1C(=O)c2ccccc2C1=O)(P=O)N1CCN(CC(=O)O)CCN(CC(=O)O)CCN(CC(=O)O)CC1. The van der Waals surface area contributed by atoms with Crippen LogP contribution in [-0.2, 0) is 23.7 Å². The number of benzene rings is 1. The topological polar surface area (TPSA) is 189 Å². The molecule has 1 aromatic rings. The fourth-order valence-corrected chi connectivity index (χ4v) is 6.27. The van der Waals surface area contributed by atoms with E-state index in [-0.39, 0.29) is 106 Å². The van der Waals surface area contributed by atoms with Crippen LogP contribution in [-0.4, -0.2) is 160 Å². The smallest absolute Gasteiger partial charge is 0.317 e. The lowest BCUT2D eigenvalue weighted by atomic mass is 10.1. The Morgan fingerprint density at radius 1 is 0.773 bits per heavy atom. The predicted molar refractivity (Wildman–Crippen MR) is 157 cm³/mol. The summed E-state index contributed by atoms with van der Waals surface area (Å²) < 4.78 is 19.0. The number of rotatable bonds is 14. The van der Waals surface area contributed by atoms with Crippen molar-refractivity contribution < 1.29 is 48.6 Å². The molecule has 44 heavy (non-hydrogen) atoms. The van der Waals surface area contributed by atoms with Crippen LogP contribution in [0, 0.1) is 0 Å². The van der Waals surface area contributed by atoms with E-state index in [4.69, 9.17) is 4.74 Å². The third-order valence-corrected chi connectivity index (χ3v) is 8.61. The van der Waals surface area contributed by atoms with Gasteiger partial charge in [-0.25, -0.2) is 0 Å². The van der Waals surface area contributed by atoms with Gasteiger partial charge in [0.25, 0.3) is 11.8 Å². The zero-order valence-electron chi connectivity index (χ0n) is 24.8. The number of ether oxygens (including phenoxy) is 1. The van der Waals surface area contributed by atoms with Crippen LogP contribution in [0.25, 0.3) is 0 Å². The number of hydrogen-bond donors (Lipinski definition) is 3. The van der Waals surface area contributed by atoms with E-state index in [1.54, 1.807) is 50.8 Å². The summed E-state index contributed by atoms with van der Waals surface area (Å²) in [4.78, 5) is 68.3. The number of carbonyl (C=O) groups is 5. The predicted octanol–water partition coefficient (Wildman–Crippen LogP) is 0.520. The molecule has 0 aliphatic carbocycles. The molecule has 3 rings (SSSR count). The average Bonchev–Trinajstić information content (AvgIpc) is 3.21. The Balaban J connectivity index is 1.82. The zero-order valence-corrected chi connectivity index (χ0v) is 25.7. The van der Waals surface area contributed by atoms with Crippen LogP contribution in [0.5, 0.6) is 0 Å². The second-order valence-electron chi connectivity index (χ2n) is 10.7. The van der Waals surface area contributed by atoms with E-state index in [1.807, 2.05) is 0 Å². The fourth-order valence-electron chi connectivity index (χ4n) is 5.53. The van der Waals surface area contributed by atoms with E-state index < -0.39 is 35.2 Å². The molecule has 2 aliphatic heterocycles. The van der Waals surface area contributed by atoms with Crippen molar-refractivity contribution in [3.05, 3.63) is 35.4 Å². The first-order chi connectivity index (χ1) is 21.0. The molecule has 242 valence electrons. The summed E-state index contributed by atoms with van der Waals surface area (Å²) in [6.45, 7) is 2.94. The molecule has 1 fully saturated rings. The average molecular weight is 638 g/mol. The van der Waals surface area contributed by atoms with E-state index in [1.165, 1.54) is 0 Å². The molecule has 0 radical (unpaired) electrons. The maximum atomic E-state index is 12.9. The molecule has 1 saturated heterocycles. The molecule has 1 aromatic carbocycles. The summed E-state index contributed by atoms with van der Waals surface area (Å²) in [6.07, 6.45) is 0.419. The number of carboxylic acid groups (broad SMARTS) is 3. The van der Waals surface area contributed by atoms with Crippen molar-refractivity contribution in [3.63, 3.8) is 0 Å². The lowest BCUT2D eigenvalue weighted by Gasteiger charge is -2.41. The van der Waals surface area contributed by atoms with Crippen molar-refractivity contribution in [1.29, 1.82) is 0 Å². The van der Waals surface area contributed by atoms with Crippen molar-refractivity contribution in [2.24, 2.45) is 0 Å². The minimum Gasteiger partial charge on any atom is -0.480 e. The standard InChI is InChI=1S/C28H40N5O10P/c1-2-43-28(44-42,8-5-9-33-26(40)21-6-3-4-7-22(21)27(33)41)32-16-14-30(19-24(36)37)12-10-29(18-23(34)35)11-13-31(15-17-32)20-25(38)39/h3-4,6-7H,2,5,8-20H2,1H3,(H,34,35)(H,36,37)(H,38,39). The molecule has 2 aliphatic rings. The van der Waals surface area contributed by atoms with Crippen molar-refractivity contribution >= 4 is 38.2 Å². The van der Waals surface area contributed by atoms with Gasteiger partial charge < -0.3 is 20.1 Å². The molecule has 3 N–H and O–H groups in total. The minimum absolute atomic E-state index is 0.0697. The first kappa shape index (κ1) is 35.2. The van der Waals surface area contributed by atoms with Gasteiger partial charge in [0.15, 0.2) is 0 Å². The highest BCUT2D eigenvalue weighted by molar-refractivity contribution is 7.25. The molecule has 0 aromatic heterocycles. The number of imide groups is 1. The number of carbonyl (C=O) groups excluding carboxylic acids is 2. The molecular formula is C28H40N5O10P. The Morgan fingerprint density at radius 3 is 1.55 bits per heavy atom. The summed E-state index contributed by atoms with van der Waals surface area (Å²) in [7, 11) is -0.386. The van der Waals surface area contributed by atoms with E-state index >= 15 is 0 Å². The Kier molecular flexibility index (Phi) is 13.3. The van der Waals surface area contributed by atoms with Crippen LogP contribution in [0.1, 0.15) is 40.5 Å². The van der Waals surface area contributed by atoms with Crippen LogP contribution in [0.3, 0.4) is 0 Å². The Hall–Kier alpha value is -3.33. The number of amides is 2. The van der Waals surface area contributed by atoms with Gasteiger partial charge in [0.05, 0.1) is 30.8 Å². The van der Waals surface area contributed by atoms with Gasteiger partial charge in [-0.15, -0.1) is 0 Å². The van der Waals surface area contributed by atoms with Crippen molar-refractivity contribution in [2.45, 2.75) is 25.2 Å². The third kappa shape index (κ3) is 9.58. The van der Waals surface area contributed by atoms with Gasteiger partial charge in [0.1, 0.15) is 0 Å². The maximum absolute atomic E-state index is 12.9. The van der Waals surface area contributed by atoms with Crippen LogP contribution in [0.15, 0.2) is 24.3 Å². The highest BCUT2D eigenvalue weighted by atomic mass is 31.1. The summed E-state index contributed by atoms with van der Waals surface area (Å²) in [5.74, 6) is -3.96. The van der Waals surface area contributed by atoms with E-state index in [0.29, 0.717) is 11.1 Å². The second-order valence-corrected chi connectivity index (χ2v) is 11.6. The van der Waals surface area contributed by atoms with E-state index in [2.05, 4.69) is 0 Å². The van der Waals surface area contributed by atoms with Gasteiger partial charge in [0, 0.05) is 71.9 Å². The molecule has 1 atom stereocenters. The Morgan fingerprint density at radius 2 is 1.18 bits per heavy atom. The summed E-state index contributed by atoms with van der Waals surface area (Å²) in [5.41, 5.74) is -0.730. The number of fused-ring (bicyclic) bond motifs is 1. The van der Waals surface area contributed by atoms with Crippen LogP contribution in [0.2, 0.25) is 0 Å². The van der Waals surface area contributed by atoms with Crippen molar-refractivity contribution in [3.8, 4) is 0 Å². The molecule has 15 nitrogen and oxygen atoms in total. The zero-order chi connectivity index (χ0) is 32.3. The van der Waals surface area contributed by atoms with Gasteiger partial charge in [-0.05, 0) is 25.5 Å². The maximum Gasteiger partial charge on any atom is 0.317 e. The Labute approximate surface area is 257 Å². The molecule has 16 heteroatoms. The van der Waals surface area contributed by atoms with Crippen molar-refractivity contribution in [1.82, 2.24) is 24.5 Å². The van der Waals surface area contributed by atoms with Crippen LogP contribution >= 0.6 is 8.46 Å². The van der Waals surface area contributed by atoms with Gasteiger partial charge >= 0.3 is 17.9 Å². The third-order valence-electron chi connectivity index (χ3n) is 7.69. The second kappa shape index (κ2) is 16.7. The quantitative estimate of drug-likeness (QED) is 0.189. The largest absolute Gasteiger partial charge is 0.480 e. The highest BCUT2D eigenvalue weighted by Crippen LogP contribution is 2.35. The lowest BCUT2D eigenvalue weighted by Crippen LogP contribution is -2.54. The van der Waals surface area contributed by atoms with Gasteiger partial charge in [-0.1, -0.05) is 12.1 Å². The summed E-state index contributed by atoms with van der Waals surface area (Å²) >= 11 is 0. The normalized spacial score (nSPS) is 19.7. The fraction of sp³-hybridized carbons (Fsp3) is 0.607. The van der Waals surface area contributed by atoms with Crippen molar-refractivity contribution in [2.75, 3.05) is 85.1 Å². The molecule has 0 spiro atoms. The van der Waals surface area contributed by atoms with Gasteiger partial charge in [-0.2, -0.15) is 0 Å². The monoisotopic (exact) mass is 637 g/mol. The van der Waals surface area contributed by atoms with E-state index in [0.717, 1.165) is 4.90 Å². The van der Waals surface area contributed by atoms with E-state index in [9.17, 15) is 43.9 Å². The Bertz CT molecular complexity index is 1150. The molecule has 0 bridgehead atoms. The van der Waals surface area contributed by atoms with Crippen LogP contribution < -0.4 is 0 Å². The van der Waals surface area contributed by atoms with Crippen LogP contribution in [0.4, 0.5) is 0 Å². The summed E-state index contributed by atoms with van der Waals surface area (Å²) in [5, 5.41) is 28.4. The number of hydrogen-bond acceptors (Lipinski definition) is 11. The molecule has 1 unspecified atom stereocenters.